The van der Waals surface area contributed by atoms with E-state index in [1.807, 2.05) is 54.6 Å². The van der Waals surface area contributed by atoms with E-state index in [1.54, 1.807) is 0 Å². The third-order valence-electron chi connectivity index (χ3n) is 4.69. The molecule has 0 radical (unpaired) electrons. The topological polar surface area (TPSA) is 18.5 Å². The van der Waals surface area contributed by atoms with Crippen molar-refractivity contribution in [3.63, 3.8) is 0 Å². The van der Waals surface area contributed by atoms with Crippen LogP contribution in [0.5, 0.6) is 11.5 Å². The zero-order valence-electron chi connectivity index (χ0n) is 15.6. The minimum atomic E-state index is 0.270. The van der Waals surface area contributed by atoms with Gasteiger partial charge in [-0.25, -0.2) is 0 Å². The van der Waals surface area contributed by atoms with Gasteiger partial charge >= 0.3 is 0 Å². The van der Waals surface area contributed by atoms with Crippen molar-refractivity contribution >= 4 is 10.8 Å². The fourth-order valence-corrected chi connectivity index (χ4v) is 3.19. The van der Waals surface area contributed by atoms with E-state index >= 15 is 0 Å². The molecule has 2 nitrogen and oxygen atoms in total. The lowest BCUT2D eigenvalue weighted by molar-refractivity contribution is 0.174. The molecule has 0 aliphatic carbocycles. The Morgan fingerprint density at radius 2 is 1.07 bits per heavy atom. The first-order chi connectivity index (χ1) is 14.3. The summed E-state index contributed by atoms with van der Waals surface area (Å²) in [5.41, 5.74) is 3.86. The molecular formula is C27H16O2. The molecule has 136 valence electrons. The van der Waals surface area contributed by atoms with Gasteiger partial charge in [0.25, 0.3) is 0 Å². The summed E-state index contributed by atoms with van der Waals surface area (Å²) >= 11 is 0. The van der Waals surface area contributed by atoms with E-state index in [1.165, 1.54) is 5.39 Å². The summed E-state index contributed by atoms with van der Waals surface area (Å²) in [7, 11) is 0. The Morgan fingerprint density at radius 3 is 1.79 bits per heavy atom. The SMILES string of the molecule is C(#Cc1ccc2ccc(C#Cc3ccc4c(c3)OCO4)cc2c1)c1ccccc1. The van der Waals surface area contributed by atoms with E-state index in [9.17, 15) is 0 Å². The van der Waals surface area contributed by atoms with Gasteiger partial charge in [-0.2, -0.15) is 0 Å². The van der Waals surface area contributed by atoms with Gasteiger partial charge in [0.05, 0.1) is 0 Å². The van der Waals surface area contributed by atoms with Crippen molar-refractivity contribution in [3.8, 4) is 35.2 Å². The molecule has 0 atom stereocenters. The van der Waals surface area contributed by atoms with Gasteiger partial charge in [0.2, 0.25) is 6.79 Å². The van der Waals surface area contributed by atoms with Gasteiger partial charge in [-0.05, 0) is 65.4 Å². The molecule has 5 rings (SSSR count). The van der Waals surface area contributed by atoms with Crippen LogP contribution in [0.1, 0.15) is 22.3 Å². The van der Waals surface area contributed by atoms with Crippen molar-refractivity contribution < 1.29 is 9.47 Å². The predicted molar refractivity (Wildman–Crippen MR) is 115 cm³/mol. The highest BCUT2D eigenvalue weighted by molar-refractivity contribution is 5.85. The summed E-state index contributed by atoms with van der Waals surface area (Å²) in [6, 6.07) is 28.2. The third kappa shape index (κ3) is 3.79. The Bertz CT molecular complexity index is 1330. The van der Waals surface area contributed by atoms with Gasteiger partial charge in [0, 0.05) is 22.3 Å². The maximum Gasteiger partial charge on any atom is 0.231 e. The lowest BCUT2D eigenvalue weighted by atomic mass is 10.0. The number of rotatable bonds is 0. The monoisotopic (exact) mass is 372 g/mol. The molecule has 1 aliphatic rings. The van der Waals surface area contributed by atoms with Crippen molar-refractivity contribution in [2.24, 2.45) is 0 Å². The van der Waals surface area contributed by atoms with E-state index in [0.717, 1.165) is 39.1 Å². The molecule has 0 saturated carbocycles. The first-order valence-electron chi connectivity index (χ1n) is 9.36. The van der Waals surface area contributed by atoms with Crippen LogP contribution in [-0.2, 0) is 0 Å². The molecule has 0 amide bonds. The van der Waals surface area contributed by atoms with E-state index in [4.69, 9.17) is 9.47 Å². The summed E-state index contributed by atoms with van der Waals surface area (Å²) in [5.74, 6) is 14.4. The van der Waals surface area contributed by atoms with Crippen LogP contribution in [0.25, 0.3) is 10.8 Å². The molecule has 0 unspecified atom stereocenters. The summed E-state index contributed by atoms with van der Waals surface area (Å²) in [4.78, 5) is 0. The maximum atomic E-state index is 5.41. The molecule has 1 aliphatic heterocycles. The van der Waals surface area contributed by atoms with Gasteiger partial charge in [-0.1, -0.05) is 54.0 Å². The summed E-state index contributed by atoms with van der Waals surface area (Å²) < 4.78 is 10.8. The van der Waals surface area contributed by atoms with Gasteiger partial charge < -0.3 is 9.47 Å². The fraction of sp³-hybridized carbons (Fsp3) is 0.0370. The number of benzene rings is 4. The second-order valence-electron chi connectivity index (χ2n) is 6.71. The van der Waals surface area contributed by atoms with E-state index in [2.05, 4.69) is 54.0 Å². The second-order valence-corrected chi connectivity index (χ2v) is 6.71. The van der Waals surface area contributed by atoms with Crippen molar-refractivity contribution in [1.29, 1.82) is 0 Å². The van der Waals surface area contributed by atoms with Gasteiger partial charge in [0.1, 0.15) is 0 Å². The van der Waals surface area contributed by atoms with Crippen LogP contribution in [-0.4, -0.2) is 6.79 Å². The maximum absolute atomic E-state index is 5.41. The lowest BCUT2D eigenvalue weighted by Gasteiger charge is -2.00. The van der Waals surface area contributed by atoms with Gasteiger partial charge in [-0.3, -0.25) is 0 Å². The average Bonchev–Trinajstić information content (AvgIpc) is 3.24. The highest BCUT2D eigenvalue weighted by Gasteiger charge is 2.12. The molecule has 0 N–H and O–H groups in total. The summed E-state index contributed by atoms with van der Waals surface area (Å²) in [5, 5.41) is 2.30. The largest absolute Gasteiger partial charge is 0.454 e. The highest BCUT2D eigenvalue weighted by atomic mass is 16.7. The minimum Gasteiger partial charge on any atom is -0.454 e. The smallest absolute Gasteiger partial charge is 0.231 e. The molecule has 4 aromatic rings. The average molecular weight is 372 g/mol. The molecule has 29 heavy (non-hydrogen) atoms. The van der Waals surface area contributed by atoms with Crippen LogP contribution >= 0.6 is 0 Å². The van der Waals surface area contributed by atoms with Crippen LogP contribution in [0, 0.1) is 23.7 Å². The highest BCUT2D eigenvalue weighted by Crippen LogP contribution is 2.32. The number of hydrogen-bond acceptors (Lipinski definition) is 2. The molecular weight excluding hydrogens is 356 g/mol. The van der Waals surface area contributed by atoms with Crippen molar-refractivity contribution in [2.75, 3.05) is 6.79 Å². The zero-order valence-corrected chi connectivity index (χ0v) is 15.6. The lowest BCUT2D eigenvalue weighted by Crippen LogP contribution is -1.92. The van der Waals surface area contributed by atoms with Crippen LogP contribution in [0.3, 0.4) is 0 Å². The molecule has 0 spiro atoms. The van der Waals surface area contributed by atoms with Crippen LogP contribution in [0.4, 0.5) is 0 Å². The molecule has 0 saturated heterocycles. The van der Waals surface area contributed by atoms with Crippen molar-refractivity contribution in [1.82, 2.24) is 0 Å². The van der Waals surface area contributed by atoms with E-state index < -0.39 is 0 Å². The van der Waals surface area contributed by atoms with Crippen molar-refractivity contribution in [2.45, 2.75) is 0 Å². The van der Waals surface area contributed by atoms with Crippen molar-refractivity contribution in [3.05, 3.63) is 107 Å². The first kappa shape index (κ1) is 17.0. The molecule has 2 heteroatoms. The normalized spacial score (nSPS) is 11.3. The Hall–Kier alpha value is -4.14. The Labute approximate surface area is 169 Å². The Balaban J connectivity index is 1.43. The second kappa shape index (κ2) is 7.47. The fourth-order valence-electron chi connectivity index (χ4n) is 3.19. The third-order valence-corrected chi connectivity index (χ3v) is 4.69. The Kier molecular flexibility index (Phi) is 4.38. The standard InChI is InChI=1S/C27H16O2/c1-2-4-20(5-3-1)6-7-21-10-13-24-14-11-22(17-25(24)16-21)8-9-23-12-15-26-27(18-23)29-19-28-26/h1-5,10-18H,19H2. The molecule has 0 fully saturated rings. The molecule has 4 aromatic carbocycles. The number of ether oxygens (including phenoxy) is 2. The van der Waals surface area contributed by atoms with E-state index in [0.29, 0.717) is 0 Å². The molecule has 0 bridgehead atoms. The van der Waals surface area contributed by atoms with Crippen LogP contribution in [0.15, 0.2) is 84.9 Å². The van der Waals surface area contributed by atoms with Crippen LogP contribution < -0.4 is 9.47 Å². The Morgan fingerprint density at radius 1 is 0.483 bits per heavy atom. The summed E-state index contributed by atoms with van der Waals surface area (Å²) in [6.07, 6.45) is 0. The predicted octanol–water partition coefficient (Wildman–Crippen LogP) is 5.37. The quantitative estimate of drug-likeness (QED) is 0.387. The van der Waals surface area contributed by atoms with Gasteiger partial charge in [0.15, 0.2) is 11.5 Å². The zero-order chi connectivity index (χ0) is 19.5. The number of fused-ring (bicyclic) bond motifs is 2. The molecule has 0 aromatic heterocycles. The first-order valence-corrected chi connectivity index (χ1v) is 9.36. The van der Waals surface area contributed by atoms with Crippen LogP contribution in [0.2, 0.25) is 0 Å². The number of hydrogen-bond donors (Lipinski definition) is 0. The minimum absolute atomic E-state index is 0.270. The van der Waals surface area contributed by atoms with Gasteiger partial charge in [-0.15, -0.1) is 0 Å². The van der Waals surface area contributed by atoms with E-state index in [-0.39, 0.29) is 6.79 Å². The summed E-state index contributed by atoms with van der Waals surface area (Å²) in [6.45, 7) is 0.270. The molecule has 1 heterocycles.